The Bertz CT molecular complexity index is 520. The van der Waals surface area contributed by atoms with E-state index in [1.54, 1.807) is 26.8 Å². The van der Waals surface area contributed by atoms with Gasteiger partial charge in [-0.15, -0.1) is 0 Å². The van der Waals surface area contributed by atoms with Gasteiger partial charge in [0.05, 0.1) is 5.02 Å². The number of hydrogen-bond acceptors (Lipinski definition) is 3. The zero-order valence-electron chi connectivity index (χ0n) is 12.0. The van der Waals surface area contributed by atoms with E-state index < -0.39 is 29.1 Å². The summed E-state index contributed by atoms with van der Waals surface area (Å²) in [4.78, 5) is 23.8. The topological polar surface area (TPSA) is 43.4 Å². The Kier molecular flexibility index (Phi) is 5.28. The van der Waals surface area contributed by atoms with E-state index in [4.69, 9.17) is 16.3 Å². The number of hydrogen-bond donors (Lipinski definition) is 0. The van der Waals surface area contributed by atoms with Crippen LogP contribution in [0.5, 0.6) is 0 Å². The van der Waals surface area contributed by atoms with Crippen molar-refractivity contribution in [2.75, 3.05) is 0 Å². The Hall–Kier alpha value is -1.42. The van der Waals surface area contributed by atoms with Crippen LogP contribution >= 0.6 is 11.6 Å². The van der Waals surface area contributed by atoms with Gasteiger partial charge in [0.2, 0.25) is 0 Å². The number of benzene rings is 1. The normalized spacial score (nSPS) is 12.9. The highest BCUT2D eigenvalue weighted by atomic mass is 35.5. The molecule has 0 aliphatic rings. The number of esters is 1. The van der Waals surface area contributed by atoms with Crippen LogP contribution in [-0.2, 0) is 20.7 Å². The van der Waals surface area contributed by atoms with Crippen molar-refractivity contribution < 1.29 is 18.7 Å². The van der Waals surface area contributed by atoms with Gasteiger partial charge in [-0.25, -0.2) is 4.39 Å². The third-order valence-electron chi connectivity index (χ3n) is 2.64. The summed E-state index contributed by atoms with van der Waals surface area (Å²) >= 11 is 5.65. The summed E-state index contributed by atoms with van der Waals surface area (Å²) in [7, 11) is 0. The lowest BCUT2D eigenvalue weighted by Gasteiger charge is -2.21. The maximum absolute atomic E-state index is 13.7. The molecule has 5 heteroatoms. The quantitative estimate of drug-likeness (QED) is 0.630. The van der Waals surface area contributed by atoms with Crippen molar-refractivity contribution in [2.24, 2.45) is 5.92 Å². The monoisotopic (exact) mass is 300 g/mol. The van der Waals surface area contributed by atoms with Crippen LogP contribution in [0.25, 0.3) is 0 Å². The summed E-state index contributed by atoms with van der Waals surface area (Å²) in [6.07, 6.45) is -0.188. The van der Waals surface area contributed by atoms with Crippen molar-refractivity contribution >= 4 is 23.4 Å². The van der Waals surface area contributed by atoms with E-state index in [1.165, 1.54) is 19.1 Å². The second kappa shape index (κ2) is 6.35. The minimum Gasteiger partial charge on any atom is -0.459 e. The molecule has 0 fully saturated rings. The molecular weight excluding hydrogens is 283 g/mol. The third kappa shape index (κ3) is 4.60. The summed E-state index contributed by atoms with van der Waals surface area (Å²) in [5.41, 5.74) is -0.481. The van der Waals surface area contributed by atoms with Crippen LogP contribution in [0.2, 0.25) is 5.02 Å². The SMILES string of the molecule is CC(C(=O)Cc1cccc(Cl)c1F)C(=O)OC(C)(C)C. The minimum atomic E-state index is -0.937. The molecule has 0 N–H and O–H groups in total. The van der Waals surface area contributed by atoms with Crippen LogP contribution < -0.4 is 0 Å². The standard InChI is InChI=1S/C15H18ClFO3/c1-9(14(19)20-15(2,3)4)12(18)8-10-6-5-7-11(16)13(10)17/h5-7,9H,8H2,1-4H3. The zero-order chi connectivity index (χ0) is 15.5. The van der Waals surface area contributed by atoms with E-state index in [-0.39, 0.29) is 17.0 Å². The molecule has 1 rings (SSSR count). The maximum Gasteiger partial charge on any atom is 0.316 e. The molecule has 1 atom stereocenters. The molecule has 0 saturated carbocycles. The van der Waals surface area contributed by atoms with Crippen molar-refractivity contribution in [1.82, 2.24) is 0 Å². The van der Waals surface area contributed by atoms with Gasteiger partial charge in [-0.2, -0.15) is 0 Å². The van der Waals surface area contributed by atoms with E-state index in [0.29, 0.717) is 0 Å². The lowest BCUT2D eigenvalue weighted by atomic mass is 9.99. The predicted octanol–water partition coefficient (Wildman–Crippen LogP) is 3.57. The van der Waals surface area contributed by atoms with Gasteiger partial charge in [0.15, 0.2) is 5.78 Å². The fraction of sp³-hybridized carbons (Fsp3) is 0.467. The molecule has 1 aromatic rings. The Morgan fingerprint density at radius 3 is 2.50 bits per heavy atom. The molecule has 20 heavy (non-hydrogen) atoms. The van der Waals surface area contributed by atoms with Crippen molar-refractivity contribution in [3.05, 3.63) is 34.6 Å². The molecule has 0 bridgehead atoms. The van der Waals surface area contributed by atoms with Crippen LogP contribution in [-0.4, -0.2) is 17.4 Å². The van der Waals surface area contributed by atoms with Crippen molar-refractivity contribution in [3.8, 4) is 0 Å². The van der Waals surface area contributed by atoms with Gasteiger partial charge in [0.1, 0.15) is 17.3 Å². The van der Waals surface area contributed by atoms with Gasteiger partial charge in [-0.3, -0.25) is 9.59 Å². The molecule has 0 spiro atoms. The molecule has 0 aliphatic heterocycles. The van der Waals surface area contributed by atoms with Gasteiger partial charge in [0, 0.05) is 6.42 Å². The van der Waals surface area contributed by atoms with E-state index in [9.17, 15) is 14.0 Å². The second-order valence-corrected chi connectivity index (χ2v) is 6.02. The molecular formula is C15H18ClFO3. The van der Waals surface area contributed by atoms with Crippen molar-refractivity contribution in [3.63, 3.8) is 0 Å². The van der Waals surface area contributed by atoms with E-state index in [2.05, 4.69) is 0 Å². The summed E-state index contributed by atoms with van der Waals surface area (Å²) in [5, 5.41) is -0.0415. The molecule has 0 aliphatic carbocycles. The Morgan fingerprint density at radius 2 is 1.95 bits per heavy atom. The molecule has 3 nitrogen and oxygen atoms in total. The second-order valence-electron chi connectivity index (χ2n) is 5.61. The summed E-state index contributed by atoms with van der Waals surface area (Å²) in [5.74, 6) is -2.57. The Balaban J connectivity index is 2.76. The average molecular weight is 301 g/mol. The lowest BCUT2D eigenvalue weighted by Crippen LogP contribution is -2.32. The number of rotatable bonds is 4. The zero-order valence-corrected chi connectivity index (χ0v) is 12.8. The first-order chi connectivity index (χ1) is 9.11. The van der Waals surface area contributed by atoms with Crippen LogP contribution in [0.3, 0.4) is 0 Å². The van der Waals surface area contributed by atoms with Crippen molar-refractivity contribution in [2.45, 2.75) is 39.7 Å². The van der Waals surface area contributed by atoms with Crippen LogP contribution in [0.4, 0.5) is 4.39 Å². The van der Waals surface area contributed by atoms with Gasteiger partial charge in [0.25, 0.3) is 0 Å². The molecule has 0 aromatic heterocycles. The van der Waals surface area contributed by atoms with Gasteiger partial charge in [-0.1, -0.05) is 23.7 Å². The fourth-order valence-corrected chi connectivity index (χ4v) is 1.74. The summed E-state index contributed by atoms with van der Waals surface area (Å²) in [6.45, 7) is 6.62. The minimum absolute atomic E-state index is 0.0415. The molecule has 1 unspecified atom stereocenters. The lowest BCUT2D eigenvalue weighted by molar-refractivity contribution is -0.161. The first-order valence-electron chi connectivity index (χ1n) is 6.30. The average Bonchev–Trinajstić information content (AvgIpc) is 2.31. The number of carbonyl (C=O) groups is 2. The summed E-state index contributed by atoms with van der Waals surface area (Å²) < 4.78 is 18.8. The largest absolute Gasteiger partial charge is 0.459 e. The molecule has 0 saturated heterocycles. The van der Waals surface area contributed by atoms with Crippen LogP contribution in [0.15, 0.2) is 18.2 Å². The Morgan fingerprint density at radius 1 is 1.35 bits per heavy atom. The van der Waals surface area contributed by atoms with Crippen molar-refractivity contribution in [1.29, 1.82) is 0 Å². The third-order valence-corrected chi connectivity index (χ3v) is 2.93. The number of halogens is 2. The highest BCUT2D eigenvalue weighted by molar-refractivity contribution is 6.30. The number of ether oxygens (including phenoxy) is 1. The molecule has 0 heterocycles. The van der Waals surface area contributed by atoms with Gasteiger partial charge >= 0.3 is 5.97 Å². The molecule has 0 radical (unpaired) electrons. The summed E-state index contributed by atoms with van der Waals surface area (Å²) in [6, 6.07) is 4.44. The van der Waals surface area contributed by atoms with E-state index in [1.807, 2.05) is 0 Å². The van der Waals surface area contributed by atoms with Gasteiger partial charge < -0.3 is 4.74 Å². The highest BCUT2D eigenvalue weighted by Crippen LogP contribution is 2.20. The molecule has 0 amide bonds. The highest BCUT2D eigenvalue weighted by Gasteiger charge is 2.27. The molecule has 1 aromatic carbocycles. The van der Waals surface area contributed by atoms with E-state index in [0.717, 1.165) is 0 Å². The Labute approximate surface area is 123 Å². The van der Waals surface area contributed by atoms with Crippen LogP contribution in [0, 0.1) is 11.7 Å². The molecule has 110 valence electrons. The first kappa shape index (κ1) is 16.6. The van der Waals surface area contributed by atoms with E-state index >= 15 is 0 Å². The van der Waals surface area contributed by atoms with Crippen LogP contribution in [0.1, 0.15) is 33.3 Å². The number of ketones is 1. The predicted molar refractivity (Wildman–Crippen MR) is 75.1 cm³/mol. The maximum atomic E-state index is 13.7. The fourth-order valence-electron chi connectivity index (χ4n) is 1.55. The van der Waals surface area contributed by atoms with Gasteiger partial charge in [-0.05, 0) is 39.3 Å². The number of carbonyl (C=O) groups excluding carboxylic acids is 2. The number of Topliss-reactive ketones (excluding diaryl/α,β-unsaturated/α-hetero) is 1. The first-order valence-corrected chi connectivity index (χ1v) is 6.68. The smallest absolute Gasteiger partial charge is 0.316 e.